The lowest BCUT2D eigenvalue weighted by Gasteiger charge is -2.37. The van der Waals surface area contributed by atoms with Crippen LogP contribution in [0.2, 0.25) is 0 Å². The normalized spacial score (nSPS) is 14.3. The topological polar surface area (TPSA) is 54.5 Å². The lowest BCUT2D eigenvalue weighted by atomic mass is 10.00. The van der Waals surface area contributed by atoms with Crippen molar-refractivity contribution in [2.45, 2.75) is 13.5 Å². The van der Waals surface area contributed by atoms with Crippen molar-refractivity contribution < 1.29 is 9.53 Å². The number of carbonyl (C=O) groups excluding carboxylic acids is 1. The summed E-state index contributed by atoms with van der Waals surface area (Å²) in [6, 6.07) is 14.2. The Kier molecular flexibility index (Phi) is 4.51. The summed E-state index contributed by atoms with van der Waals surface area (Å²) in [7, 11) is 1.66. The van der Waals surface area contributed by atoms with Crippen molar-refractivity contribution in [3.8, 4) is 5.75 Å². The van der Waals surface area contributed by atoms with E-state index in [1.807, 2.05) is 18.2 Å². The Hall–Kier alpha value is -2.60. The highest BCUT2D eigenvalue weighted by Gasteiger charge is 2.34. The molecule has 6 heteroatoms. The van der Waals surface area contributed by atoms with Crippen LogP contribution in [0.25, 0.3) is 10.2 Å². The van der Waals surface area contributed by atoms with Crippen molar-refractivity contribution in [1.82, 2.24) is 10.3 Å². The smallest absolute Gasteiger partial charge is 0.226 e. The molecule has 0 spiro atoms. The Morgan fingerprint density at radius 3 is 2.77 bits per heavy atom. The second-order valence-electron chi connectivity index (χ2n) is 6.61. The molecule has 0 saturated carbocycles. The maximum absolute atomic E-state index is 12.3. The first-order valence-electron chi connectivity index (χ1n) is 8.66. The average Bonchev–Trinajstić information content (AvgIpc) is 3.03. The van der Waals surface area contributed by atoms with E-state index in [0.29, 0.717) is 19.6 Å². The van der Waals surface area contributed by atoms with Crippen LogP contribution in [0.5, 0.6) is 5.75 Å². The van der Waals surface area contributed by atoms with Gasteiger partial charge in [0.15, 0.2) is 5.13 Å². The van der Waals surface area contributed by atoms with Gasteiger partial charge in [-0.15, -0.1) is 0 Å². The van der Waals surface area contributed by atoms with Gasteiger partial charge in [-0.05, 0) is 24.6 Å². The molecule has 2 aromatic carbocycles. The van der Waals surface area contributed by atoms with Gasteiger partial charge in [-0.1, -0.05) is 47.2 Å². The Morgan fingerprint density at radius 2 is 2.04 bits per heavy atom. The minimum absolute atomic E-state index is 0.0226. The number of benzene rings is 2. The Morgan fingerprint density at radius 1 is 1.27 bits per heavy atom. The van der Waals surface area contributed by atoms with Crippen LogP contribution in [0.1, 0.15) is 11.1 Å². The van der Waals surface area contributed by atoms with E-state index in [1.165, 1.54) is 5.56 Å². The van der Waals surface area contributed by atoms with Gasteiger partial charge in [-0.2, -0.15) is 0 Å². The monoisotopic (exact) mass is 367 g/mol. The number of fused-ring (bicyclic) bond motifs is 1. The standard InChI is InChI=1S/C20H21N3O2S/c1-13-6-8-14(9-7-13)10-21-19(24)15-11-23(12-15)20-22-18-16(25-2)4-3-5-17(18)26-20/h3-9,15H,10-12H2,1-2H3,(H,21,24). The van der Waals surface area contributed by atoms with Crippen molar-refractivity contribution in [3.63, 3.8) is 0 Å². The molecule has 134 valence electrons. The number of thiazole rings is 1. The number of aromatic nitrogens is 1. The fraction of sp³-hybridized carbons (Fsp3) is 0.300. The first-order chi connectivity index (χ1) is 12.6. The van der Waals surface area contributed by atoms with Crippen LogP contribution in [-0.4, -0.2) is 31.1 Å². The molecule has 1 fully saturated rings. The SMILES string of the molecule is COc1cccc2sc(N3CC(C(=O)NCc4ccc(C)cc4)C3)nc12. The minimum atomic E-state index is 0.0226. The van der Waals surface area contributed by atoms with Gasteiger partial charge in [0.2, 0.25) is 5.91 Å². The van der Waals surface area contributed by atoms with Gasteiger partial charge in [-0.25, -0.2) is 4.98 Å². The number of ether oxygens (including phenoxy) is 1. The zero-order valence-electron chi connectivity index (χ0n) is 14.9. The number of nitrogens with zero attached hydrogens (tertiary/aromatic N) is 2. The molecule has 1 aliphatic heterocycles. The molecule has 0 atom stereocenters. The van der Waals surface area contributed by atoms with Crippen LogP contribution in [0, 0.1) is 12.8 Å². The number of methoxy groups -OCH3 is 1. The summed E-state index contributed by atoms with van der Waals surface area (Å²) < 4.78 is 6.48. The van der Waals surface area contributed by atoms with Crippen molar-refractivity contribution in [2.75, 3.05) is 25.1 Å². The fourth-order valence-corrected chi connectivity index (χ4v) is 4.05. The molecule has 1 saturated heterocycles. The van der Waals surface area contributed by atoms with Crippen LogP contribution in [0.4, 0.5) is 5.13 Å². The lowest BCUT2D eigenvalue weighted by molar-refractivity contribution is -0.125. The number of anilines is 1. The third-order valence-corrected chi connectivity index (χ3v) is 5.78. The van der Waals surface area contributed by atoms with Crippen molar-refractivity contribution in [3.05, 3.63) is 53.6 Å². The molecule has 4 rings (SSSR count). The Balaban J connectivity index is 1.34. The number of nitrogens with one attached hydrogen (secondary N) is 1. The Labute approximate surface area is 156 Å². The van der Waals surface area contributed by atoms with Gasteiger partial charge >= 0.3 is 0 Å². The highest BCUT2D eigenvalue weighted by molar-refractivity contribution is 7.22. The summed E-state index contributed by atoms with van der Waals surface area (Å²) in [6.07, 6.45) is 0. The average molecular weight is 367 g/mol. The molecular formula is C20H21N3O2S. The molecular weight excluding hydrogens is 346 g/mol. The van der Waals surface area contributed by atoms with Gasteiger partial charge in [-0.3, -0.25) is 4.79 Å². The predicted octanol–water partition coefficient (Wildman–Crippen LogP) is 3.37. The van der Waals surface area contributed by atoms with E-state index < -0.39 is 0 Å². The number of rotatable bonds is 5. The van der Waals surface area contributed by atoms with E-state index >= 15 is 0 Å². The molecule has 1 aliphatic rings. The number of aryl methyl sites for hydroxylation is 1. The molecule has 0 aliphatic carbocycles. The first-order valence-corrected chi connectivity index (χ1v) is 9.47. The fourth-order valence-electron chi connectivity index (χ4n) is 3.05. The highest BCUT2D eigenvalue weighted by Crippen LogP contribution is 2.36. The molecule has 3 aromatic rings. The van der Waals surface area contributed by atoms with Gasteiger partial charge in [0.1, 0.15) is 11.3 Å². The number of hydrogen-bond donors (Lipinski definition) is 1. The van der Waals surface area contributed by atoms with Crippen molar-refractivity contribution in [1.29, 1.82) is 0 Å². The number of amides is 1. The van der Waals surface area contributed by atoms with E-state index in [0.717, 1.165) is 26.7 Å². The van der Waals surface area contributed by atoms with E-state index in [4.69, 9.17) is 4.74 Å². The largest absolute Gasteiger partial charge is 0.494 e. The zero-order valence-corrected chi connectivity index (χ0v) is 15.7. The summed E-state index contributed by atoms with van der Waals surface area (Å²) in [5.41, 5.74) is 3.24. The van der Waals surface area contributed by atoms with Crippen molar-refractivity contribution >= 4 is 32.6 Å². The minimum Gasteiger partial charge on any atom is -0.494 e. The zero-order chi connectivity index (χ0) is 18.1. The maximum atomic E-state index is 12.3. The number of carbonyl (C=O) groups is 1. The second-order valence-corrected chi connectivity index (χ2v) is 7.62. The summed E-state index contributed by atoms with van der Waals surface area (Å²) in [6.45, 7) is 4.06. The third-order valence-electron chi connectivity index (χ3n) is 4.70. The predicted molar refractivity (Wildman–Crippen MR) is 105 cm³/mol. The quantitative estimate of drug-likeness (QED) is 0.751. The summed E-state index contributed by atoms with van der Waals surface area (Å²) in [4.78, 5) is 19.2. The Bertz CT molecular complexity index is 930. The number of para-hydroxylation sites is 1. The van der Waals surface area contributed by atoms with Crippen molar-refractivity contribution in [2.24, 2.45) is 5.92 Å². The molecule has 26 heavy (non-hydrogen) atoms. The van der Waals surface area contributed by atoms with E-state index in [-0.39, 0.29) is 11.8 Å². The van der Waals surface area contributed by atoms with Gasteiger partial charge in [0.05, 0.1) is 17.7 Å². The number of hydrogen-bond acceptors (Lipinski definition) is 5. The molecule has 0 radical (unpaired) electrons. The van der Waals surface area contributed by atoms with Crippen LogP contribution in [-0.2, 0) is 11.3 Å². The molecule has 1 N–H and O–H groups in total. The molecule has 1 amide bonds. The molecule has 0 unspecified atom stereocenters. The molecule has 5 nitrogen and oxygen atoms in total. The molecule has 0 bridgehead atoms. The van der Waals surface area contributed by atoms with E-state index in [1.54, 1.807) is 18.4 Å². The first kappa shape index (κ1) is 16.8. The summed E-state index contributed by atoms with van der Waals surface area (Å²) in [5.74, 6) is 0.924. The second kappa shape index (κ2) is 6.96. The van der Waals surface area contributed by atoms with Gasteiger partial charge in [0, 0.05) is 19.6 Å². The third kappa shape index (κ3) is 3.24. The van der Waals surface area contributed by atoms with Crippen LogP contribution in [0.15, 0.2) is 42.5 Å². The van der Waals surface area contributed by atoms with Gasteiger partial charge in [0.25, 0.3) is 0 Å². The van der Waals surface area contributed by atoms with E-state index in [2.05, 4.69) is 46.4 Å². The van der Waals surface area contributed by atoms with Crippen LogP contribution in [0.3, 0.4) is 0 Å². The van der Waals surface area contributed by atoms with Crippen LogP contribution >= 0.6 is 11.3 Å². The summed E-state index contributed by atoms with van der Waals surface area (Å²) >= 11 is 1.64. The van der Waals surface area contributed by atoms with Crippen LogP contribution < -0.4 is 15.0 Å². The van der Waals surface area contributed by atoms with Gasteiger partial charge < -0.3 is 15.0 Å². The lowest BCUT2D eigenvalue weighted by Crippen LogP contribution is -2.53. The highest BCUT2D eigenvalue weighted by atomic mass is 32.1. The molecule has 2 heterocycles. The maximum Gasteiger partial charge on any atom is 0.226 e. The summed E-state index contributed by atoms with van der Waals surface area (Å²) in [5, 5.41) is 3.99. The van der Waals surface area contributed by atoms with E-state index in [9.17, 15) is 4.79 Å². The molecule has 1 aromatic heterocycles.